The molecule has 1 N–H and O–H groups in total. The van der Waals surface area contributed by atoms with Crippen LogP contribution in [0.5, 0.6) is 0 Å². The van der Waals surface area contributed by atoms with Gasteiger partial charge in [0.2, 0.25) is 5.91 Å². The highest BCUT2D eigenvalue weighted by Crippen LogP contribution is 2.09. The molecule has 1 amide bonds. The molecule has 1 aromatic heterocycles. The first-order chi connectivity index (χ1) is 7.99. The van der Waals surface area contributed by atoms with Gasteiger partial charge in [0.25, 0.3) is 0 Å². The molecule has 0 aliphatic heterocycles. The zero-order chi connectivity index (χ0) is 13.0. The van der Waals surface area contributed by atoms with E-state index in [0.29, 0.717) is 0 Å². The largest absolute Gasteiger partial charge is 0.357 e. The number of nitrogens with zero attached hydrogens (tertiary/aromatic N) is 3. The van der Waals surface area contributed by atoms with Crippen LogP contribution in [0.15, 0.2) is 6.07 Å². The summed E-state index contributed by atoms with van der Waals surface area (Å²) in [5, 5.41) is 7.41. The number of anilines is 1. The SMILES string of the molecule is CCN(CC)C(=O)C(C)Nc1cc(C)n(C)n1. The van der Waals surface area contributed by atoms with Crippen molar-refractivity contribution in [1.82, 2.24) is 14.7 Å². The summed E-state index contributed by atoms with van der Waals surface area (Å²) in [5.74, 6) is 0.858. The van der Waals surface area contributed by atoms with E-state index < -0.39 is 0 Å². The average Bonchev–Trinajstić information content (AvgIpc) is 2.59. The lowest BCUT2D eigenvalue weighted by Gasteiger charge is -2.23. The summed E-state index contributed by atoms with van der Waals surface area (Å²) in [6, 6.07) is 1.69. The second-order valence-electron chi connectivity index (χ2n) is 4.17. The zero-order valence-corrected chi connectivity index (χ0v) is 11.3. The fraction of sp³-hybridized carbons (Fsp3) is 0.667. The number of nitrogens with one attached hydrogen (secondary N) is 1. The molecule has 0 aliphatic rings. The highest BCUT2D eigenvalue weighted by Gasteiger charge is 2.18. The average molecular weight is 238 g/mol. The van der Waals surface area contributed by atoms with Gasteiger partial charge in [0.05, 0.1) is 0 Å². The maximum absolute atomic E-state index is 12.0. The Bertz CT molecular complexity index is 362. The molecule has 17 heavy (non-hydrogen) atoms. The van der Waals surface area contributed by atoms with Crippen molar-refractivity contribution in [3.8, 4) is 0 Å². The predicted octanol–water partition coefficient (Wildman–Crippen LogP) is 1.40. The Kier molecular flexibility index (Phi) is 4.54. The highest BCUT2D eigenvalue weighted by molar-refractivity contribution is 5.83. The molecule has 0 bridgehead atoms. The topological polar surface area (TPSA) is 50.2 Å². The van der Waals surface area contributed by atoms with Gasteiger partial charge in [-0.3, -0.25) is 9.48 Å². The van der Waals surface area contributed by atoms with Crippen molar-refractivity contribution in [2.24, 2.45) is 7.05 Å². The summed E-state index contributed by atoms with van der Waals surface area (Å²) in [6.45, 7) is 9.29. The Hall–Kier alpha value is -1.52. The molecule has 5 nitrogen and oxygen atoms in total. The smallest absolute Gasteiger partial charge is 0.244 e. The van der Waals surface area contributed by atoms with Crippen molar-refractivity contribution in [2.75, 3.05) is 18.4 Å². The number of hydrogen-bond donors (Lipinski definition) is 1. The predicted molar refractivity (Wildman–Crippen MR) is 69.0 cm³/mol. The zero-order valence-electron chi connectivity index (χ0n) is 11.3. The normalized spacial score (nSPS) is 12.3. The van der Waals surface area contributed by atoms with Crippen molar-refractivity contribution < 1.29 is 4.79 Å². The van der Waals surface area contributed by atoms with Gasteiger partial charge >= 0.3 is 0 Å². The van der Waals surface area contributed by atoms with Gasteiger partial charge in [-0.05, 0) is 27.7 Å². The lowest BCUT2D eigenvalue weighted by Crippen LogP contribution is -2.41. The third-order valence-electron chi connectivity index (χ3n) is 2.92. The second-order valence-corrected chi connectivity index (χ2v) is 4.17. The Morgan fingerprint density at radius 1 is 1.53 bits per heavy atom. The molecule has 1 aromatic rings. The number of carbonyl (C=O) groups is 1. The van der Waals surface area contributed by atoms with Crippen LogP contribution in [0.3, 0.4) is 0 Å². The fourth-order valence-electron chi connectivity index (χ4n) is 1.72. The van der Waals surface area contributed by atoms with Crippen LogP contribution in [0.2, 0.25) is 0 Å². The first kappa shape index (κ1) is 13.5. The molecule has 96 valence electrons. The van der Waals surface area contributed by atoms with Crippen LogP contribution in [-0.4, -0.2) is 39.7 Å². The first-order valence-electron chi connectivity index (χ1n) is 6.05. The van der Waals surface area contributed by atoms with Gasteiger partial charge in [0, 0.05) is 31.9 Å². The summed E-state index contributed by atoms with van der Waals surface area (Å²) in [7, 11) is 1.89. The van der Waals surface area contributed by atoms with Crippen LogP contribution < -0.4 is 5.32 Å². The summed E-state index contributed by atoms with van der Waals surface area (Å²) in [4.78, 5) is 13.8. The van der Waals surface area contributed by atoms with E-state index in [2.05, 4.69) is 10.4 Å². The van der Waals surface area contributed by atoms with E-state index in [1.165, 1.54) is 0 Å². The molecule has 0 saturated carbocycles. The standard InChI is InChI=1S/C12H22N4O/c1-6-16(7-2)12(17)10(4)13-11-8-9(3)15(5)14-11/h8,10H,6-7H2,1-5H3,(H,13,14). The second kappa shape index (κ2) is 5.70. The summed E-state index contributed by atoms with van der Waals surface area (Å²) in [6.07, 6.45) is 0. The minimum Gasteiger partial charge on any atom is -0.357 e. The lowest BCUT2D eigenvalue weighted by molar-refractivity contribution is -0.131. The molecule has 0 aromatic carbocycles. The summed E-state index contributed by atoms with van der Waals surface area (Å²) >= 11 is 0. The molecule has 0 aliphatic carbocycles. The van der Waals surface area contributed by atoms with E-state index in [9.17, 15) is 4.79 Å². The van der Waals surface area contributed by atoms with Gasteiger partial charge in [-0.25, -0.2) is 0 Å². The van der Waals surface area contributed by atoms with Crippen LogP contribution >= 0.6 is 0 Å². The third-order valence-corrected chi connectivity index (χ3v) is 2.92. The van der Waals surface area contributed by atoms with Crippen molar-refractivity contribution >= 4 is 11.7 Å². The van der Waals surface area contributed by atoms with Gasteiger partial charge in [-0.15, -0.1) is 0 Å². The van der Waals surface area contributed by atoms with Gasteiger partial charge < -0.3 is 10.2 Å². The molecule has 5 heteroatoms. The molecule has 1 heterocycles. The van der Waals surface area contributed by atoms with Gasteiger partial charge in [-0.2, -0.15) is 5.10 Å². The number of aromatic nitrogens is 2. The minimum atomic E-state index is -0.246. The summed E-state index contributed by atoms with van der Waals surface area (Å²) in [5.41, 5.74) is 1.06. The lowest BCUT2D eigenvalue weighted by atomic mass is 10.2. The number of amides is 1. The Balaban J connectivity index is 2.65. The van der Waals surface area contributed by atoms with Crippen LogP contribution in [0.1, 0.15) is 26.5 Å². The molecule has 1 atom stereocenters. The molecule has 1 unspecified atom stereocenters. The Labute approximate surface area is 103 Å². The Morgan fingerprint density at radius 2 is 2.12 bits per heavy atom. The van der Waals surface area contributed by atoms with Crippen LogP contribution in [0, 0.1) is 6.92 Å². The van der Waals surface area contributed by atoms with Crippen LogP contribution in [0.25, 0.3) is 0 Å². The molecule has 0 radical (unpaired) electrons. The van der Waals surface area contributed by atoms with Gasteiger partial charge in [0.1, 0.15) is 11.9 Å². The van der Waals surface area contributed by atoms with Crippen molar-refractivity contribution in [3.63, 3.8) is 0 Å². The maximum atomic E-state index is 12.0. The number of hydrogen-bond acceptors (Lipinski definition) is 3. The number of likely N-dealkylation sites (N-methyl/N-ethyl adjacent to an activating group) is 1. The molecular weight excluding hydrogens is 216 g/mol. The Morgan fingerprint density at radius 3 is 2.53 bits per heavy atom. The van der Waals surface area contributed by atoms with Crippen LogP contribution in [-0.2, 0) is 11.8 Å². The minimum absolute atomic E-state index is 0.110. The van der Waals surface area contributed by atoms with E-state index in [4.69, 9.17) is 0 Å². The highest BCUT2D eigenvalue weighted by atomic mass is 16.2. The van der Waals surface area contributed by atoms with E-state index in [1.54, 1.807) is 4.68 Å². The first-order valence-corrected chi connectivity index (χ1v) is 6.05. The van der Waals surface area contributed by atoms with E-state index in [-0.39, 0.29) is 11.9 Å². The van der Waals surface area contributed by atoms with Crippen molar-refractivity contribution in [1.29, 1.82) is 0 Å². The maximum Gasteiger partial charge on any atom is 0.244 e. The summed E-state index contributed by atoms with van der Waals surface area (Å²) < 4.78 is 1.79. The van der Waals surface area contributed by atoms with Crippen molar-refractivity contribution in [3.05, 3.63) is 11.8 Å². The number of carbonyl (C=O) groups excluding carboxylic acids is 1. The fourth-order valence-corrected chi connectivity index (χ4v) is 1.72. The van der Waals surface area contributed by atoms with E-state index >= 15 is 0 Å². The monoisotopic (exact) mass is 238 g/mol. The molecule has 1 rings (SSSR count). The van der Waals surface area contributed by atoms with Gasteiger partial charge in [0.15, 0.2) is 0 Å². The van der Waals surface area contributed by atoms with Gasteiger partial charge in [-0.1, -0.05) is 0 Å². The van der Waals surface area contributed by atoms with Crippen LogP contribution in [0.4, 0.5) is 5.82 Å². The molecule has 0 spiro atoms. The van der Waals surface area contributed by atoms with E-state index in [1.807, 2.05) is 45.7 Å². The number of rotatable bonds is 5. The molecular formula is C12H22N4O. The number of aryl methyl sites for hydroxylation is 2. The molecule has 0 fully saturated rings. The van der Waals surface area contributed by atoms with E-state index in [0.717, 1.165) is 24.6 Å². The third kappa shape index (κ3) is 3.22. The van der Waals surface area contributed by atoms with Crippen molar-refractivity contribution in [2.45, 2.75) is 33.7 Å². The molecule has 0 saturated heterocycles. The quantitative estimate of drug-likeness (QED) is 0.843.